The van der Waals surface area contributed by atoms with Crippen LogP contribution < -0.4 is 10.1 Å². The van der Waals surface area contributed by atoms with Gasteiger partial charge in [-0.2, -0.15) is 0 Å². The molecular formula is C24H29N3O4S. The van der Waals surface area contributed by atoms with Gasteiger partial charge in [-0.15, -0.1) is 0 Å². The Bertz CT molecular complexity index is 993. The predicted octanol–water partition coefficient (Wildman–Crippen LogP) is 4.14. The Balaban J connectivity index is 1.66. The van der Waals surface area contributed by atoms with E-state index in [1.807, 2.05) is 55.3 Å². The molecule has 0 bridgehead atoms. The van der Waals surface area contributed by atoms with Crippen molar-refractivity contribution >= 4 is 28.8 Å². The molecule has 0 spiro atoms. The van der Waals surface area contributed by atoms with E-state index in [0.29, 0.717) is 17.2 Å². The maximum absolute atomic E-state index is 13.1. The summed E-state index contributed by atoms with van der Waals surface area (Å²) in [6.45, 7) is 6.22. The molecule has 170 valence electrons. The Labute approximate surface area is 192 Å². The van der Waals surface area contributed by atoms with E-state index in [4.69, 9.17) is 9.47 Å². The molecule has 1 fully saturated rings. The van der Waals surface area contributed by atoms with E-state index < -0.39 is 12.0 Å². The highest BCUT2D eigenvalue weighted by Crippen LogP contribution is 2.45. The highest BCUT2D eigenvalue weighted by molar-refractivity contribution is 8.16. The van der Waals surface area contributed by atoms with Gasteiger partial charge < -0.3 is 19.7 Å². The molecule has 8 heteroatoms. The minimum Gasteiger partial charge on any atom is -0.497 e. The summed E-state index contributed by atoms with van der Waals surface area (Å²) >= 11 is 1.47. The molecule has 0 radical (unpaired) electrons. The van der Waals surface area contributed by atoms with Gasteiger partial charge in [0, 0.05) is 12.2 Å². The van der Waals surface area contributed by atoms with Crippen molar-refractivity contribution in [1.29, 1.82) is 0 Å². The van der Waals surface area contributed by atoms with E-state index in [2.05, 4.69) is 10.3 Å². The van der Waals surface area contributed by atoms with Crippen molar-refractivity contribution in [2.24, 2.45) is 10.9 Å². The van der Waals surface area contributed by atoms with Gasteiger partial charge in [0.15, 0.2) is 5.17 Å². The molecule has 2 heterocycles. The van der Waals surface area contributed by atoms with Crippen molar-refractivity contribution in [2.75, 3.05) is 13.7 Å². The number of nitrogens with zero attached hydrogens (tertiary/aromatic N) is 2. The number of hydrogen-bond acceptors (Lipinski definition) is 7. The van der Waals surface area contributed by atoms with Gasteiger partial charge in [0.1, 0.15) is 5.75 Å². The van der Waals surface area contributed by atoms with E-state index in [-0.39, 0.29) is 18.4 Å². The lowest BCUT2D eigenvalue weighted by Gasteiger charge is -2.36. The zero-order valence-electron chi connectivity index (χ0n) is 18.9. The fourth-order valence-corrected chi connectivity index (χ4v) is 4.78. The summed E-state index contributed by atoms with van der Waals surface area (Å²) in [6, 6.07) is 7.19. The normalized spacial score (nSPS) is 20.0. The molecule has 0 saturated heterocycles. The third kappa shape index (κ3) is 4.85. The van der Waals surface area contributed by atoms with Gasteiger partial charge in [0.2, 0.25) is 5.91 Å². The standard InChI is InChI=1S/C24H29N3O4S/c1-14(2)31-23(29)21-15(3)26-24-27(22(21)17-7-9-19(30-4)10-8-17)18(13-32-24)11-20(28)25-12-16-5-6-16/h7-10,13-14,16,22H,5-6,11-12H2,1-4H3,(H,25,28)/t22-/m0/s1. The van der Waals surface area contributed by atoms with E-state index in [0.717, 1.165) is 28.7 Å². The Morgan fingerprint density at radius 1 is 1.25 bits per heavy atom. The largest absolute Gasteiger partial charge is 0.497 e. The summed E-state index contributed by atoms with van der Waals surface area (Å²) in [5.41, 5.74) is 2.84. The summed E-state index contributed by atoms with van der Waals surface area (Å²) in [5.74, 6) is 0.941. The van der Waals surface area contributed by atoms with Crippen LogP contribution in [-0.4, -0.2) is 41.7 Å². The molecule has 7 nitrogen and oxygen atoms in total. The molecule has 32 heavy (non-hydrogen) atoms. The highest BCUT2D eigenvalue weighted by Gasteiger charge is 2.41. The van der Waals surface area contributed by atoms with Crippen molar-refractivity contribution in [3.63, 3.8) is 0 Å². The predicted molar refractivity (Wildman–Crippen MR) is 125 cm³/mol. The number of aliphatic imine (C=N–C) groups is 1. The quantitative estimate of drug-likeness (QED) is 0.594. The number of rotatable bonds is 8. The molecule has 1 aromatic carbocycles. The van der Waals surface area contributed by atoms with Crippen LogP contribution in [0.3, 0.4) is 0 Å². The fourth-order valence-electron chi connectivity index (χ4n) is 3.82. The van der Waals surface area contributed by atoms with Crippen LogP contribution in [0, 0.1) is 5.92 Å². The van der Waals surface area contributed by atoms with Gasteiger partial charge in [-0.3, -0.25) is 4.79 Å². The van der Waals surface area contributed by atoms with Crippen molar-refractivity contribution in [3.8, 4) is 5.75 Å². The number of nitrogens with one attached hydrogen (secondary N) is 1. The second kappa shape index (κ2) is 9.40. The van der Waals surface area contributed by atoms with Crippen LogP contribution in [-0.2, 0) is 14.3 Å². The van der Waals surface area contributed by atoms with Gasteiger partial charge in [0.05, 0.1) is 36.9 Å². The fraction of sp³-hybridized carbons (Fsp3) is 0.458. The first-order valence-electron chi connectivity index (χ1n) is 10.9. The number of ether oxygens (including phenoxy) is 2. The number of amidine groups is 1. The summed E-state index contributed by atoms with van der Waals surface area (Å²) < 4.78 is 10.9. The molecule has 1 N–H and O–H groups in total. The Hall–Kier alpha value is -2.74. The third-order valence-electron chi connectivity index (χ3n) is 5.62. The van der Waals surface area contributed by atoms with Crippen LogP contribution in [0.5, 0.6) is 5.75 Å². The van der Waals surface area contributed by atoms with Crippen molar-refractivity contribution in [1.82, 2.24) is 10.2 Å². The van der Waals surface area contributed by atoms with Crippen LogP contribution in [0.4, 0.5) is 0 Å². The topological polar surface area (TPSA) is 80.2 Å². The maximum Gasteiger partial charge on any atom is 0.338 e. The Morgan fingerprint density at radius 2 is 1.97 bits per heavy atom. The Kier molecular flexibility index (Phi) is 6.60. The lowest BCUT2D eigenvalue weighted by molar-refractivity contribution is -0.143. The molecular weight excluding hydrogens is 426 g/mol. The molecule has 1 atom stereocenters. The number of methoxy groups -OCH3 is 1. The summed E-state index contributed by atoms with van der Waals surface area (Å²) in [7, 11) is 1.62. The first-order chi connectivity index (χ1) is 15.4. The molecule has 2 aliphatic heterocycles. The van der Waals surface area contributed by atoms with E-state index in [1.165, 1.54) is 24.6 Å². The second-order valence-corrected chi connectivity index (χ2v) is 9.38. The number of benzene rings is 1. The van der Waals surface area contributed by atoms with Gasteiger partial charge >= 0.3 is 5.97 Å². The van der Waals surface area contributed by atoms with Crippen molar-refractivity contribution in [2.45, 2.75) is 52.2 Å². The van der Waals surface area contributed by atoms with Gasteiger partial charge in [-0.25, -0.2) is 9.79 Å². The zero-order chi connectivity index (χ0) is 22.8. The van der Waals surface area contributed by atoms with E-state index >= 15 is 0 Å². The number of allylic oxidation sites excluding steroid dienone is 1. The first kappa shape index (κ1) is 22.5. The third-order valence-corrected chi connectivity index (χ3v) is 6.51. The molecule has 1 amide bonds. The van der Waals surface area contributed by atoms with Gasteiger partial charge in [0.25, 0.3) is 0 Å². The number of esters is 1. The first-order valence-corrected chi connectivity index (χ1v) is 11.8. The smallest absolute Gasteiger partial charge is 0.338 e. The second-order valence-electron chi connectivity index (χ2n) is 8.54. The number of fused-ring (bicyclic) bond motifs is 1. The van der Waals surface area contributed by atoms with Crippen LogP contribution >= 0.6 is 11.8 Å². The highest BCUT2D eigenvalue weighted by atomic mass is 32.2. The lowest BCUT2D eigenvalue weighted by atomic mass is 9.93. The van der Waals surface area contributed by atoms with Crippen LogP contribution in [0.2, 0.25) is 0 Å². The molecule has 0 aromatic heterocycles. The average molecular weight is 456 g/mol. The molecule has 0 unspecified atom stereocenters. The summed E-state index contributed by atoms with van der Waals surface area (Å²) in [4.78, 5) is 32.4. The van der Waals surface area contributed by atoms with Crippen LogP contribution in [0.15, 0.2) is 51.6 Å². The minimum absolute atomic E-state index is 0.0175. The molecule has 1 aromatic rings. The van der Waals surface area contributed by atoms with Crippen molar-refractivity contribution < 1.29 is 19.1 Å². The SMILES string of the molecule is COc1ccc([C@H]2C(C(=O)OC(C)C)=C(C)N=C3SC=C(CC(=O)NCC4CC4)N32)cc1. The molecule has 4 rings (SSSR count). The van der Waals surface area contributed by atoms with Gasteiger partial charge in [-0.1, -0.05) is 23.9 Å². The van der Waals surface area contributed by atoms with E-state index in [9.17, 15) is 9.59 Å². The zero-order valence-corrected chi connectivity index (χ0v) is 19.7. The minimum atomic E-state index is -0.433. The molecule has 1 saturated carbocycles. The number of thioether (sulfide) groups is 1. The average Bonchev–Trinajstić information content (AvgIpc) is 3.51. The Morgan fingerprint density at radius 3 is 2.59 bits per heavy atom. The van der Waals surface area contributed by atoms with E-state index in [1.54, 1.807) is 7.11 Å². The van der Waals surface area contributed by atoms with Crippen LogP contribution in [0.25, 0.3) is 0 Å². The summed E-state index contributed by atoms with van der Waals surface area (Å²) in [5, 5.41) is 5.74. The number of amides is 1. The monoisotopic (exact) mass is 455 g/mol. The van der Waals surface area contributed by atoms with Crippen molar-refractivity contribution in [3.05, 3.63) is 52.2 Å². The number of carbonyl (C=O) groups excluding carboxylic acids is 2. The number of carbonyl (C=O) groups is 2. The van der Waals surface area contributed by atoms with Gasteiger partial charge in [-0.05, 0) is 62.6 Å². The summed E-state index contributed by atoms with van der Waals surface area (Å²) in [6.07, 6.45) is 2.36. The molecule has 1 aliphatic carbocycles. The number of hydrogen-bond donors (Lipinski definition) is 1. The van der Waals surface area contributed by atoms with Crippen LogP contribution in [0.1, 0.15) is 51.6 Å². The molecule has 3 aliphatic rings. The maximum atomic E-state index is 13.1. The lowest BCUT2D eigenvalue weighted by Crippen LogP contribution is -2.38.